The Labute approximate surface area is 185 Å². The third kappa shape index (κ3) is 4.48. The van der Waals surface area contributed by atoms with E-state index >= 15 is 0 Å². The van der Waals surface area contributed by atoms with Crippen molar-refractivity contribution in [2.24, 2.45) is 27.4 Å². The van der Waals surface area contributed by atoms with Crippen LogP contribution < -0.4 is 21.3 Å². The Bertz CT molecular complexity index is 847. The number of amides is 1. The molecule has 1 saturated carbocycles. The Morgan fingerprint density at radius 1 is 1.00 bits per heavy atom. The zero-order valence-electron chi connectivity index (χ0n) is 18.8. The zero-order chi connectivity index (χ0) is 22.0. The predicted molar refractivity (Wildman–Crippen MR) is 126 cm³/mol. The molecule has 1 aromatic rings. The predicted octanol–water partition coefficient (Wildman–Crippen LogP) is 2.49. The minimum atomic E-state index is -0.419. The fourth-order valence-electron chi connectivity index (χ4n) is 5.00. The minimum Gasteiger partial charge on any atom is -0.369 e. The largest absolute Gasteiger partial charge is 0.369 e. The van der Waals surface area contributed by atoms with Gasteiger partial charge in [-0.3, -0.25) is 9.69 Å². The van der Waals surface area contributed by atoms with Gasteiger partial charge in [0.25, 0.3) is 0 Å². The Morgan fingerprint density at radius 3 is 2.23 bits per heavy atom. The van der Waals surface area contributed by atoms with Gasteiger partial charge in [0.1, 0.15) is 5.66 Å². The van der Waals surface area contributed by atoms with Crippen molar-refractivity contribution < 1.29 is 4.79 Å². The van der Waals surface area contributed by atoms with E-state index in [1.807, 2.05) is 4.90 Å². The van der Waals surface area contributed by atoms with Gasteiger partial charge in [0.05, 0.1) is 0 Å². The first-order chi connectivity index (χ1) is 14.9. The van der Waals surface area contributed by atoms with E-state index in [9.17, 15) is 4.79 Å². The normalized spacial score (nSPS) is 21.3. The molecule has 1 aliphatic carbocycles. The maximum Gasteiger partial charge on any atom is 0.222 e. The van der Waals surface area contributed by atoms with Crippen LogP contribution in [0.1, 0.15) is 52.4 Å². The molecule has 4 N–H and O–H groups in total. The first kappa shape index (κ1) is 21.5. The molecule has 31 heavy (non-hydrogen) atoms. The van der Waals surface area contributed by atoms with Crippen LogP contribution in [-0.2, 0) is 4.79 Å². The molecule has 1 aromatic carbocycles. The fourth-order valence-corrected chi connectivity index (χ4v) is 5.00. The molecule has 2 heterocycles. The number of carbonyl (C=O) groups is 1. The van der Waals surface area contributed by atoms with Crippen molar-refractivity contribution in [3.63, 3.8) is 0 Å². The Balaban J connectivity index is 1.46. The molecule has 8 nitrogen and oxygen atoms in total. The molecule has 4 rings (SSSR count). The lowest BCUT2D eigenvalue weighted by molar-refractivity contribution is -0.132. The number of aliphatic imine (C=N–C) groups is 2. The topological polar surface area (TPSA) is 104 Å². The second-order valence-corrected chi connectivity index (χ2v) is 9.30. The Kier molecular flexibility index (Phi) is 6.07. The van der Waals surface area contributed by atoms with Crippen LogP contribution in [-0.4, -0.2) is 54.6 Å². The standard InChI is InChI=1S/C23H35N7O/c1-17(2)16-20(31)29-14-12-28(13-15-29)18-6-8-19(9-7-18)30-22(25)26-21(24)27-23(30)10-4-3-5-11-23/h6-9,17H,3-5,10-16H2,1-2H3,(H4,24,25,26,27). The van der Waals surface area contributed by atoms with E-state index in [0.29, 0.717) is 18.3 Å². The average Bonchev–Trinajstić information content (AvgIpc) is 2.74. The summed E-state index contributed by atoms with van der Waals surface area (Å²) in [5, 5.41) is 0. The summed E-state index contributed by atoms with van der Waals surface area (Å²) in [5.41, 5.74) is 14.0. The van der Waals surface area contributed by atoms with Crippen molar-refractivity contribution in [2.45, 2.75) is 58.0 Å². The number of rotatable bonds is 4. The van der Waals surface area contributed by atoms with E-state index < -0.39 is 5.66 Å². The smallest absolute Gasteiger partial charge is 0.222 e. The summed E-state index contributed by atoms with van der Waals surface area (Å²) in [4.78, 5) is 27.7. The number of hydrogen-bond acceptors (Lipinski definition) is 7. The number of benzene rings is 1. The fraction of sp³-hybridized carbons (Fsp3) is 0.609. The van der Waals surface area contributed by atoms with Gasteiger partial charge in [-0.05, 0) is 55.9 Å². The molecule has 8 heteroatoms. The van der Waals surface area contributed by atoms with Crippen molar-refractivity contribution >= 4 is 29.2 Å². The lowest BCUT2D eigenvalue weighted by atomic mass is 9.87. The molecule has 0 unspecified atom stereocenters. The van der Waals surface area contributed by atoms with E-state index in [2.05, 4.69) is 52.9 Å². The summed E-state index contributed by atoms with van der Waals surface area (Å²) >= 11 is 0. The number of nitrogens with two attached hydrogens (primary N) is 2. The molecule has 1 saturated heterocycles. The van der Waals surface area contributed by atoms with Crippen molar-refractivity contribution in [2.75, 3.05) is 36.0 Å². The molecular formula is C23H35N7O. The summed E-state index contributed by atoms with van der Waals surface area (Å²) in [5.74, 6) is 1.36. The summed E-state index contributed by atoms with van der Waals surface area (Å²) in [6.45, 7) is 7.42. The number of guanidine groups is 2. The maximum absolute atomic E-state index is 12.3. The maximum atomic E-state index is 12.3. The Morgan fingerprint density at radius 2 is 1.61 bits per heavy atom. The number of carbonyl (C=O) groups excluding carboxylic acids is 1. The van der Waals surface area contributed by atoms with Crippen molar-refractivity contribution in [3.8, 4) is 0 Å². The van der Waals surface area contributed by atoms with E-state index in [0.717, 1.165) is 63.2 Å². The number of nitrogens with zero attached hydrogens (tertiary/aromatic N) is 5. The van der Waals surface area contributed by atoms with Gasteiger partial charge in [-0.1, -0.05) is 20.3 Å². The van der Waals surface area contributed by atoms with Crippen molar-refractivity contribution in [1.82, 2.24) is 4.90 Å². The quantitative estimate of drug-likeness (QED) is 0.771. The van der Waals surface area contributed by atoms with Crippen LogP contribution >= 0.6 is 0 Å². The Hall–Kier alpha value is -2.77. The minimum absolute atomic E-state index is 0.266. The summed E-state index contributed by atoms with van der Waals surface area (Å²) in [6, 6.07) is 8.46. The lowest BCUT2D eigenvalue weighted by Gasteiger charge is -2.45. The number of piperazine rings is 1. The molecule has 1 amide bonds. The monoisotopic (exact) mass is 425 g/mol. The summed E-state index contributed by atoms with van der Waals surface area (Å²) in [7, 11) is 0. The van der Waals surface area contributed by atoms with Crippen molar-refractivity contribution in [3.05, 3.63) is 24.3 Å². The van der Waals surface area contributed by atoms with Gasteiger partial charge in [-0.15, -0.1) is 0 Å². The second kappa shape index (κ2) is 8.77. The van der Waals surface area contributed by atoms with Crippen LogP contribution in [0, 0.1) is 5.92 Å². The van der Waals surface area contributed by atoms with Gasteiger partial charge in [0.2, 0.25) is 17.8 Å². The lowest BCUT2D eigenvalue weighted by Crippen LogP contribution is -2.58. The molecule has 2 aliphatic heterocycles. The van der Waals surface area contributed by atoms with Gasteiger partial charge in [-0.25, -0.2) is 4.99 Å². The van der Waals surface area contributed by atoms with Gasteiger partial charge in [0.15, 0.2) is 0 Å². The van der Waals surface area contributed by atoms with Crippen LogP contribution in [0.2, 0.25) is 0 Å². The van der Waals surface area contributed by atoms with Crippen LogP contribution in [0.4, 0.5) is 11.4 Å². The summed E-state index contributed by atoms with van der Waals surface area (Å²) in [6.07, 6.45) is 5.92. The molecule has 0 atom stereocenters. The van der Waals surface area contributed by atoms with Crippen LogP contribution in [0.25, 0.3) is 0 Å². The number of hydrogen-bond donors (Lipinski definition) is 2. The first-order valence-electron chi connectivity index (χ1n) is 11.5. The number of anilines is 2. The van der Waals surface area contributed by atoms with Gasteiger partial charge >= 0.3 is 0 Å². The molecule has 3 aliphatic rings. The highest BCUT2D eigenvalue weighted by molar-refractivity contribution is 6.05. The van der Waals surface area contributed by atoms with Gasteiger partial charge < -0.3 is 21.3 Å². The molecule has 0 aromatic heterocycles. The SMILES string of the molecule is CC(C)CC(=O)N1CCN(c2ccc(N3C(N)=NC(N)=NC34CCCCC4)cc2)CC1. The molecule has 0 bridgehead atoms. The highest BCUT2D eigenvalue weighted by atomic mass is 16.2. The molecule has 1 spiro atoms. The second-order valence-electron chi connectivity index (χ2n) is 9.30. The molecular weight excluding hydrogens is 390 g/mol. The van der Waals surface area contributed by atoms with E-state index in [1.54, 1.807) is 0 Å². The molecule has 168 valence electrons. The van der Waals surface area contributed by atoms with E-state index in [-0.39, 0.29) is 11.9 Å². The highest BCUT2D eigenvalue weighted by Gasteiger charge is 2.42. The van der Waals surface area contributed by atoms with Gasteiger partial charge in [0, 0.05) is 44.0 Å². The third-order valence-corrected chi connectivity index (χ3v) is 6.54. The average molecular weight is 426 g/mol. The van der Waals surface area contributed by atoms with Gasteiger partial charge in [-0.2, -0.15) is 4.99 Å². The van der Waals surface area contributed by atoms with Crippen molar-refractivity contribution in [1.29, 1.82) is 0 Å². The van der Waals surface area contributed by atoms with E-state index in [4.69, 9.17) is 16.5 Å². The van der Waals surface area contributed by atoms with Crippen LogP contribution in [0.3, 0.4) is 0 Å². The summed E-state index contributed by atoms with van der Waals surface area (Å²) < 4.78 is 0. The molecule has 0 radical (unpaired) electrons. The van der Waals surface area contributed by atoms with E-state index in [1.165, 1.54) is 6.42 Å². The third-order valence-electron chi connectivity index (χ3n) is 6.54. The van der Waals surface area contributed by atoms with Crippen LogP contribution in [0.5, 0.6) is 0 Å². The first-order valence-corrected chi connectivity index (χ1v) is 11.5. The molecule has 2 fully saturated rings. The van der Waals surface area contributed by atoms with Crippen LogP contribution in [0.15, 0.2) is 34.3 Å². The highest BCUT2D eigenvalue weighted by Crippen LogP contribution is 2.39. The zero-order valence-corrected chi connectivity index (χ0v) is 18.8.